The molecule has 2 amide bonds. The Balaban J connectivity index is 1.61. The predicted octanol–water partition coefficient (Wildman–Crippen LogP) is 1.28. The van der Waals surface area contributed by atoms with Crippen LogP contribution in [-0.4, -0.2) is 56.1 Å². The second-order valence-corrected chi connectivity index (χ2v) is 7.44. The zero-order valence-electron chi connectivity index (χ0n) is 17.5. The second-order valence-electron chi connectivity index (χ2n) is 7.44. The average Bonchev–Trinajstić information content (AvgIpc) is 2.79. The maximum Gasteiger partial charge on any atom is 0.273 e. The van der Waals surface area contributed by atoms with Gasteiger partial charge in [-0.15, -0.1) is 10.2 Å². The molecular formula is C21H23N9O2. The molecule has 11 nitrogen and oxygen atoms in total. The van der Waals surface area contributed by atoms with Gasteiger partial charge in [-0.05, 0) is 31.0 Å². The lowest BCUT2D eigenvalue weighted by Crippen LogP contribution is -2.47. The molecule has 1 aromatic carbocycles. The number of hydrogen-bond acceptors (Lipinski definition) is 9. The molecule has 0 bridgehead atoms. The summed E-state index contributed by atoms with van der Waals surface area (Å²) in [5.41, 5.74) is 6.89. The summed E-state index contributed by atoms with van der Waals surface area (Å²) < 4.78 is 0. The first-order valence-corrected chi connectivity index (χ1v) is 10.2. The van der Waals surface area contributed by atoms with Crippen molar-refractivity contribution >= 4 is 29.3 Å². The molecule has 1 aliphatic heterocycles. The van der Waals surface area contributed by atoms with Crippen LogP contribution in [0, 0.1) is 0 Å². The van der Waals surface area contributed by atoms with Crippen LogP contribution in [0.2, 0.25) is 0 Å². The third kappa shape index (κ3) is 4.94. The fourth-order valence-electron chi connectivity index (χ4n) is 3.59. The number of nitrogens with zero attached hydrogens (tertiary/aromatic N) is 6. The molecule has 0 spiro atoms. The van der Waals surface area contributed by atoms with Gasteiger partial charge in [0.15, 0.2) is 17.3 Å². The van der Waals surface area contributed by atoms with Crippen molar-refractivity contribution in [2.45, 2.75) is 25.8 Å². The molecule has 3 heterocycles. The first-order valence-electron chi connectivity index (χ1n) is 10.2. The van der Waals surface area contributed by atoms with Gasteiger partial charge >= 0.3 is 0 Å². The van der Waals surface area contributed by atoms with E-state index in [0.29, 0.717) is 30.5 Å². The maximum absolute atomic E-state index is 11.9. The van der Waals surface area contributed by atoms with E-state index in [-0.39, 0.29) is 23.5 Å². The fraction of sp³-hybridized carbons (Fsp3) is 0.286. The summed E-state index contributed by atoms with van der Waals surface area (Å²) in [6.07, 6.45) is 5.08. The van der Waals surface area contributed by atoms with E-state index in [4.69, 9.17) is 5.73 Å². The summed E-state index contributed by atoms with van der Waals surface area (Å²) >= 11 is 0. The minimum absolute atomic E-state index is 0.000343. The van der Waals surface area contributed by atoms with Crippen molar-refractivity contribution in [3.8, 4) is 11.4 Å². The van der Waals surface area contributed by atoms with Crippen LogP contribution in [0.4, 0.5) is 17.5 Å². The molecule has 11 heteroatoms. The van der Waals surface area contributed by atoms with E-state index in [1.807, 2.05) is 29.2 Å². The number of piperidine rings is 1. The summed E-state index contributed by atoms with van der Waals surface area (Å²) in [7, 11) is 0. The van der Waals surface area contributed by atoms with Crippen LogP contribution in [0.1, 0.15) is 30.3 Å². The van der Waals surface area contributed by atoms with Crippen LogP contribution < -0.4 is 21.3 Å². The number of nitrogens with two attached hydrogens (primary N) is 1. The van der Waals surface area contributed by atoms with E-state index in [2.05, 4.69) is 35.8 Å². The Labute approximate surface area is 184 Å². The number of rotatable bonds is 6. The normalized spacial score (nSPS) is 15.8. The molecular weight excluding hydrogens is 410 g/mol. The third-order valence-electron chi connectivity index (χ3n) is 4.97. The zero-order chi connectivity index (χ0) is 22.5. The average molecular weight is 433 g/mol. The lowest BCUT2D eigenvalue weighted by Gasteiger charge is -2.32. The first-order chi connectivity index (χ1) is 15.5. The quantitative estimate of drug-likeness (QED) is 0.522. The largest absolute Gasteiger partial charge is 0.364 e. The van der Waals surface area contributed by atoms with Crippen LogP contribution in [0.3, 0.4) is 0 Å². The van der Waals surface area contributed by atoms with Gasteiger partial charge in [0.05, 0.1) is 0 Å². The number of primary amides is 1. The van der Waals surface area contributed by atoms with E-state index in [1.165, 1.54) is 6.92 Å². The number of hydrogen-bond donors (Lipinski definition) is 3. The minimum Gasteiger partial charge on any atom is -0.364 e. The Kier molecular flexibility index (Phi) is 6.15. The molecule has 1 fully saturated rings. The highest BCUT2D eigenvalue weighted by molar-refractivity contribution is 5.96. The molecule has 1 aliphatic rings. The van der Waals surface area contributed by atoms with Gasteiger partial charge in [0.2, 0.25) is 11.9 Å². The molecule has 4 rings (SSSR count). The molecule has 3 aromatic rings. The van der Waals surface area contributed by atoms with Gasteiger partial charge in [0.25, 0.3) is 5.91 Å². The van der Waals surface area contributed by atoms with Crippen LogP contribution in [0.15, 0.2) is 42.7 Å². The summed E-state index contributed by atoms with van der Waals surface area (Å²) in [5, 5.41) is 14.2. The van der Waals surface area contributed by atoms with E-state index in [0.717, 1.165) is 18.4 Å². The molecule has 0 aliphatic carbocycles. The van der Waals surface area contributed by atoms with Crippen molar-refractivity contribution in [3.63, 3.8) is 0 Å². The smallest absolute Gasteiger partial charge is 0.273 e. The topological polar surface area (TPSA) is 152 Å². The molecule has 32 heavy (non-hydrogen) atoms. The number of carbonyl (C=O) groups excluding carboxylic acids is 2. The monoisotopic (exact) mass is 433 g/mol. The summed E-state index contributed by atoms with van der Waals surface area (Å²) in [5.74, 6) is 0.316. The highest BCUT2D eigenvalue weighted by Gasteiger charge is 2.24. The van der Waals surface area contributed by atoms with Gasteiger partial charge in [-0.1, -0.05) is 12.1 Å². The van der Waals surface area contributed by atoms with Crippen molar-refractivity contribution in [3.05, 3.63) is 48.4 Å². The molecule has 1 unspecified atom stereocenters. The standard InChI is InChI=1S/C21H23N9O2/c1-13(31)25-16-7-3-10-30(12-16)21-27-20(17(18(22)32)28-29-21)26-15-6-2-5-14(11-15)19-23-8-4-9-24-19/h2,4-6,8-9,11,16H,3,7,10,12H2,1H3,(H2,22,32)(H,25,31)(H,26,27,29). The molecule has 164 valence electrons. The van der Waals surface area contributed by atoms with Gasteiger partial charge in [-0.3, -0.25) is 9.59 Å². The molecule has 0 radical (unpaired) electrons. The molecule has 4 N–H and O–H groups in total. The maximum atomic E-state index is 11.9. The Hall–Kier alpha value is -4.15. The lowest BCUT2D eigenvalue weighted by molar-refractivity contribution is -0.119. The second kappa shape index (κ2) is 9.33. The van der Waals surface area contributed by atoms with Crippen LogP contribution in [0.25, 0.3) is 11.4 Å². The number of benzene rings is 1. The van der Waals surface area contributed by atoms with Crippen molar-refractivity contribution in [1.82, 2.24) is 30.5 Å². The van der Waals surface area contributed by atoms with E-state index in [9.17, 15) is 9.59 Å². The number of carbonyl (C=O) groups is 2. The molecule has 1 saturated heterocycles. The van der Waals surface area contributed by atoms with E-state index < -0.39 is 5.91 Å². The predicted molar refractivity (Wildman–Crippen MR) is 118 cm³/mol. The van der Waals surface area contributed by atoms with Crippen LogP contribution in [-0.2, 0) is 4.79 Å². The fourth-order valence-corrected chi connectivity index (χ4v) is 3.59. The number of aromatic nitrogens is 5. The highest BCUT2D eigenvalue weighted by Crippen LogP contribution is 2.24. The Morgan fingerprint density at radius 1 is 1.16 bits per heavy atom. The number of anilines is 3. The van der Waals surface area contributed by atoms with E-state index >= 15 is 0 Å². The minimum atomic E-state index is -0.739. The van der Waals surface area contributed by atoms with Crippen molar-refractivity contribution in [2.24, 2.45) is 5.73 Å². The SMILES string of the molecule is CC(=O)NC1CCCN(c2nnc(C(N)=O)c(Nc3cccc(-c4ncccn4)c3)n2)C1. The highest BCUT2D eigenvalue weighted by atomic mass is 16.1. The van der Waals surface area contributed by atoms with Gasteiger partial charge < -0.3 is 21.3 Å². The van der Waals surface area contributed by atoms with Crippen LogP contribution in [0.5, 0.6) is 0 Å². The van der Waals surface area contributed by atoms with Gasteiger partial charge in [0.1, 0.15) is 0 Å². The van der Waals surface area contributed by atoms with Crippen molar-refractivity contribution in [1.29, 1.82) is 0 Å². The summed E-state index contributed by atoms with van der Waals surface area (Å²) in [4.78, 5) is 38.3. The van der Waals surface area contributed by atoms with Gasteiger partial charge in [-0.25, -0.2) is 9.97 Å². The van der Waals surface area contributed by atoms with Crippen LogP contribution >= 0.6 is 0 Å². The Morgan fingerprint density at radius 3 is 2.72 bits per heavy atom. The van der Waals surface area contributed by atoms with Crippen molar-refractivity contribution in [2.75, 3.05) is 23.3 Å². The Morgan fingerprint density at radius 2 is 1.97 bits per heavy atom. The van der Waals surface area contributed by atoms with E-state index in [1.54, 1.807) is 18.5 Å². The van der Waals surface area contributed by atoms with Gasteiger partial charge in [0, 0.05) is 49.7 Å². The van der Waals surface area contributed by atoms with Crippen molar-refractivity contribution < 1.29 is 9.59 Å². The number of amides is 2. The molecule has 1 atom stereocenters. The molecule has 0 saturated carbocycles. The summed E-state index contributed by atoms with van der Waals surface area (Å²) in [6.45, 7) is 2.76. The summed E-state index contributed by atoms with van der Waals surface area (Å²) in [6, 6.07) is 9.14. The zero-order valence-corrected chi connectivity index (χ0v) is 17.5. The van der Waals surface area contributed by atoms with Gasteiger partial charge in [-0.2, -0.15) is 4.98 Å². The number of nitrogens with one attached hydrogen (secondary N) is 2. The Bertz CT molecular complexity index is 1120. The lowest BCUT2D eigenvalue weighted by atomic mass is 10.1. The third-order valence-corrected chi connectivity index (χ3v) is 4.97. The molecule has 2 aromatic heterocycles. The first kappa shape index (κ1) is 21.1.